The molecule has 0 bridgehead atoms. The molecule has 0 unspecified atom stereocenters. The number of carboxylic acid groups (broad SMARTS) is 1. The van der Waals surface area contributed by atoms with E-state index in [0.29, 0.717) is 18.2 Å². The Morgan fingerprint density at radius 1 is 1.65 bits per heavy atom. The number of hydrogen-bond acceptors (Lipinski definition) is 5. The van der Waals surface area contributed by atoms with Crippen LogP contribution in [0.4, 0.5) is 16.2 Å². The number of piperidine rings is 1. The Hall–Kier alpha value is -1.98. The van der Waals surface area contributed by atoms with Crippen LogP contribution in [0.1, 0.15) is 13.3 Å². The van der Waals surface area contributed by atoms with Gasteiger partial charge in [0.1, 0.15) is 5.69 Å². The van der Waals surface area contributed by atoms with Crippen LogP contribution in [-0.2, 0) is 0 Å². The minimum Gasteiger partial charge on any atom is -0.465 e. The fraction of sp³-hybridized carbons (Fsp3) is 0.462. The van der Waals surface area contributed by atoms with E-state index in [1.165, 1.54) is 0 Å². The van der Waals surface area contributed by atoms with Crippen LogP contribution in [-0.4, -0.2) is 40.5 Å². The van der Waals surface area contributed by atoms with Gasteiger partial charge >= 0.3 is 6.09 Å². The fourth-order valence-corrected chi connectivity index (χ4v) is 2.71. The fourth-order valence-electron chi connectivity index (χ4n) is 2.61. The number of aliphatic imine (C=N–C) groups is 1. The molecule has 1 aromatic rings. The number of nitrogens with zero attached hydrogens (tertiary/aromatic N) is 3. The second-order valence-corrected chi connectivity index (χ2v) is 5.14. The lowest BCUT2D eigenvalue weighted by Crippen LogP contribution is -2.50. The molecule has 7 heteroatoms. The molecule has 6 nitrogen and oxygen atoms in total. The van der Waals surface area contributed by atoms with E-state index in [4.69, 9.17) is 5.11 Å². The van der Waals surface area contributed by atoms with Crippen molar-refractivity contribution in [2.45, 2.75) is 19.4 Å². The Kier molecular flexibility index (Phi) is 4.65. The molecule has 106 valence electrons. The summed E-state index contributed by atoms with van der Waals surface area (Å²) in [7, 11) is 0. The molecule has 0 spiro atoms. The van der Waals surface area contributed by atoms with Crippen LogP contribution < -0.4 is 10.2 Å². The Bertz CT molecular complexity index is 545. The van der Waals surface area contributed by atoms with Crippen molar-refractivity contribution in [2.24, 2.45) is 10.9 Å². The van der Waals surface area contributed by atoms with Crippen molar-refractivity contribution in [2.75, 3.05) is 18.0 Å². The highest BCUT2D eigenvalue weighted by atomic mass is 32.1. The molecule has 1 aliphatic heterocycles. The average Bonchev–Trinajstić information content (AvgIpc) is 2.38. The zero-order valence-corrected chi connectivity index (χ0v) is 11.9. The van der Waals surface area contributed by atoms with Crippen molar-refractivity contribution < 1.29 is 9.90 Å². The normalized spacial score (nSPS) is 21.9. The molecule has 0 aliphatic carbocycles. The van der Waals surface area contributed by atoms with E-state index in [9.17, 15) is 4.79 Å². The largest absolute Gasteiger partial charge is 0.465 e. The molecule has 2 atom stereocenters. The number of carbonyl (C=O) groups is 1. The Labute approximate surface area is 122 Å². The molecule has 2 rings (SSSR count). The maximum atomic E-state index is 10.8. The molecule has 1 aromatic heterocycles. The maximum Gasteiger partial charge on any atom is 0.404 e. The smallest absolute Gasteiger partial charge is 0.404 e. The standard InChI is InChI=1S/C13H16N4O2S/c1-9-4-10(16-13(18)19)7-17(6-9)12-2-3-14-5-11(12)15-8-20/h2-3,5,9-10,16H,4,6-7H2,1H3,(H,18,19)/t9-,10+/m0/s1. The van der Waals surface area contributed by atoms with Crippen LogP contribution >= 0.6 is 12.2 Å². The molecule has 20 heavy (non-hydrogen) atoms. The van der Waals surface area contributed by atoms with Crippen LogP contribution in [0.5, 0.6) is 0 Å². The van der Waals surface area contributed by atoms with E-state index in [1.807, 2.05) is 6.07 Å². The average molecular weight is 292 g/mol. The lowest BCUT2D eigenvalue weighted by atomic mass is 9.95. The third kappa shape index (κ3) is 3.53. The second-order valence-electron chi connectivity index (χ2n) is 4.96. The molecule has 1 amide bonds. The van der Waals surface area contributed by atoms with Crippen molar-refractivity contribution in [1.82, 2.24) is 10.3 Å². The Morgan fingerprint density at radius 3 is 3.15 bits per heavy atom. The highest BCUT2D eigenvalue weighted by molar-refractivity contribution is 7.78. The van der Waals surface area contributed by atoms with Gasteiger partial charge in [-0.15, -0.1) is 0 Å². The third-order valence-corrected chi connectivity index (χ3v) is 3.36. The highest BCUT2D eigenvalue weighted by Crippen LogP contribution is 2.30. The maximum absolute atomic E-state index is 10.8. The minimum absolute atomic E-state index is 0.0891. The van der Waals surface area contributed by atoms with Gasteiger partial charge in [-0.05, 0) is 30.6 Å². The molecule has 1 fully saturated rings. The van der Waals surface area contributed by atoms with E-state index in [-0.39, 0.29) is 6.04 Å². The SMILES string of the molecule is C[C@H]1C[C@@H](NC(=O)O)CN(c2ccncc2N=C=S)C1. The first-order valence-electron chi connectivity index (χ1n) is 6.36. The van der Waals surface area contributed by atoms with E-state index < -0.39 is 6.09 Å². The second kappa shape index (κ2) is 6.45. The van der Waals surface area contributed by atoms with Crippen molar-refractivity contribution >= 4 is 34.8 Å². The summed E-state index contributed by atoms with van der Waals surface area (Å²) >= 11 is 4.65. The van der Waals surface area contributed by atoms with Crippen LogP contribution in [0.15, 0.2) is 23.5 Å². The number of nitrogens with one attached hydrogen (secondary N) is 1. The summed E-state index contributed by atoms with van der Waals surface area (Å²) in [5.74, 6) is 0.387. The summed E-state index contributed by atoms with van der Waals surface area (Å²) < 4.78 is 0. The highest BCUT2D eigenvalue weighted by Gasteiger charge is 2.27. The molecule has 1 saturated heterocycles. The summed E-state index contributed by atoms with van der Waals surface area (Å²) in [5, 5.41) is 13.8. The van der Waals surface area contributed by atoms with Gasteiger partial charge in [0, 0.05) is 25.3 Å². The van der Waals surface area contributed by atoms with Crippen LogP contribution in [0.25, 0.3) is 0 Å². The first-order valence-corrected chi connectivity index (χ1v) is 6.77. The summed E-state index contributed by atoms with van der Waals surface area (Å²) in [6.07, 6.45) is 3.17. The van der Waals surface area contributed by atoms with Gasteiger partial charge in [-0.25, -0.2) is 4.79 Å². The molecule has 1 aliphatic rings. The van der Waals surface area contributed by atoms with Crippen LogP contribution in [0, 0.1) is 5.92 Å². The minimum atomic E-state index is -0.990. The van der Waals surface area contributed by atoms with Crippen molar-refractivity contribution in [3.05, 3.63) is 18.5 Å². The molecule has 2 N–H and O–H groups in total. The number of rotatable bonds is 3. The summed E-state index contributed by atoms with van der Waals surface area (Å²) in [5.41, 5.74) is 1.56. The molecular weight excluding hydrogens is 276 g/mol. The number of hydrogen-bond donors (Lipinski definition) is 2. The van der Waals surface area contributed by atoms with E-state index in [0.717, 1.165) is 18.7 Å². The molecule has 0 radical (unpaired) electrons. The lowest BCUT2D eigenvalue weighted by molar-refractivity contribution is 0.186. The van der Waals surface area contributed by atoms with Gasteiger partial charge in [0.2, 0.25) is 0 Å². The summed E-state index contributed by atoms with van der Waals surface area (Å²) in [4.78, 5) is 21.0. The lowest BCUT2D eigenvalue weighted by Gasteiger charge is -2.38. The quantitative estimate of drug-likeness (QED) is 0.660. The predicted molar refractivity (Wildman–Crippen MR) is 79.9 cm³/mol. The summed E-state index contributed by atoms with van der Waals surface area (Å²) in [6, 6.07) is 1.77. The number of anilines is 1. The number of aromatic nitrogens is 1. The first kappa shape index (κ1) is 14.4. The predicted octanol–water partition coefficient (Wildman–Crippen LogP) is 2.30. The number of amides is 1. The Morgan fingerprint density at radius 2 is 2.45 bits per heavy atom. The number of isothiocyanates is 1. The van der Waals surface area contributed by atoms with Crippen molar-refractivity contribution in [3.63, 3.8) is 0 Å². The topological polar surface area (TPSA) is 77.8 Å². The molecule has 2 heterocycles. The zero-order valence-electron chi connectivity index (χ0n) is 11.1. The van der Waals surface area contributed by atoms with E-state index in [2.05, 4.69) is 44.5 Å². The molecule has 0 saturated carbocycles. The monoisotopic (exact) mass is 292 g/mol. The third-order valence-electron chi connectivity index (χ3n) is 3.27. The summed E-state index contributed by atoms with van der Waals surface area (Å²) in [6.45, 7) is 3.56. The first-order chi connectivity index (χ1) is 9.60. The molecule has 0 aromatic carbocycles. The van der Waals surface area contributed by atoms with Gasteiger partial charge in [0.15, 0.2) is 0 Å². The van der Waals surface area contributed by atoms with Gasteiger partial charge in [0.25, 0.3) is 0 Å². The van der Waals surface area contributed by atoms with Crippen LogP contribution in [0.3, 0.4) is 0 Å². The number of thiocarbonyl (C=S) groups is 1. The zero-order chi connectivity index (χ0) is 14.5. The van der Waals surface area contributed by atoms with Gasteiger partial charge in [-0.2, -0.15) is 4.99 Å². The van der Waals surface area contributed by atoms with Gasteiger partial charge in [0.05, 0.1) is 17.0 Å². The number of pyridine rings is 1. The van der Waals surface area contributed by atoms with Gasteiger partial charge in [-0.1, -0.05) is 6.92 Å². The van der Waals surface area contributed by atoms with Gasteiger partial charge < -0.3 is 15.3 Å². The van der Waals surface area contributed by atoms with Crippen LogP contribution in [0.2, 0.25) is 0 Å². The van der Waals surface area contributed by atoms with Crippen molar-refractivity contribution in [3.8, 4) is 0 Å². The van der Waals surface area contributed by atoms with Crippen molar-refractivity contribution in [1.29, 1.82) is 0 Å². The van der Waals surface area contributed by atoms with E-state index in [1.54, 1.807) is 12.4 Å². The van der Waals surface area contributed by atoms with E-state index >= 15 is 0 Å². The molecular formula is C13H16N4O2S. The van der Waals surface area contributed by atoms with Gasteiger partial charge in [-0.3, -0.25) is 4.98 Å². The Balaban J connectivity index is 2.23.